The second kappa shape index (κ2) is 8.77. The summed E-state index contributed by atoms with van der Waals surface area (Å²) in [7, 11) is 1.93. The molecule has 0 radical (unpaired) electrons. The maximum Gasteiger partial charge on any atom is 0.240 e. The minimum atomic E-state index is -0.339. The maximum atomic E-state index is 13.1. The predicted molar refractivity (Wildman–Crippen MR) is 123 cm³/mol. The minimum Gasteiger partial charge on any atom is -0.341 e. The van der Waals surface area contributed by atoms with Crippen molar-refractivity contribution in [3.05, 3.63) is 93.3 Å². The molecule has 2 aromatic carbocycles. The van der Waals surface area contributed by atoms with Gasteiger partial charge >= 0.3 is 0 Å². The second-order valence-corrected chi connectivity index (χ2v) is 8.65. The van der Waals surface area contributed by atoms with Crippen molar-refractivity contribution in [1.29, 1.82) is 0 Å². The molecule has 5 nitrogen and oxygen atoms in total. The van der Waals surface area contributed by atoms with Crippen LogP contribution in [0.15, 0.2) is 72.4 Å². The molecule has 30 heavy (non-hydrogen) atoms. The van der Waals surface area contributed by atoms with Gasteiger partial charge < -0.3 is 14.5 Å². The fourth-order valence-electron chi connectivity index (χ4n) is 3.38. The molecule has 0 aliphatic carbocycles. The summed E-state index contributed by atoms with van der Waals surface area (Å²) < 4.78 is 4.49. The molecule has 2 aromatic heterocycles. The van der Waals surface area contributed by atoms with Crippen molar-refractivity contribution in [2.45, 2.75) is 19.5 Å². The lowest BCUT2D eigenvalue weighted by Crippen LogP contribution is -2.33. The average molecular weight is 435 g/mol. The lowest BCUT2D eigenvalue weighted by molar-refractivity contribution is -0.122. The highest BCUT2D eigenvalue weighted by molar-refractivity contribution is 7.73. The first kappa shape index (κ1) is 20.3. The number of nitrogens with one attached hydrogen (secondary N) is 1. The summed E-state index contributed by atoms with van der Waals surface area (Å²) in [4.78, 5) is 17.5. The number of thiazole rings is 1. The molecule has 0 fully saturated rings. The Kier molecular flexibility index (Phi) is 5.92. The molecule has 1 amide bonds. The zero-order valence-electron chi connectivity index (χ0n) is 16.8. The summed E-state index contributed by atoms with van der Waals surface area (Å²) in [5.74, 6) is 0.664. The summed E-state index contributed by atoms with van der Waals surface area (Å²) in [5.41, 5.74) is 4.17. The molecule has 0 aliphatic rings. The Bertz CT molecular complexity index is 1210. The van der Waals surface area contributed by atoms with E-state index in [9.17, 15) is 4.79 Å². The molecule has 0 bridgehead atoms. The Morgan fingerprint density at radius 2 is 1.90 bits per heavy atom. The monoisotopic (exact) mass is 434 g/mol. The minimum absolute atomic E-state index is 0.116. The normalized spacial score (nSPS) is 11.9. The summed E-state index contributed by atoms with van der Waals surface area (Å²) in [6.45, 7) is 2.21. The van der Waals surface area contributed by atoms with Gasteiger partial charge in [0.1, 0.15) is 18.4 Å². The van der Waals surface area contributed by atoms with Crippen molar-refractivity contribution in [2.24, 2.45) is 7.05 Å². The van der Waals surface area contributed by atoms with E-state index in [0.717, 1.165) is 22.6 Å². The van der Waals surface area contributed by atoms with E-state index in [0.29, 0.717) is 3.95 Å². The Hall–Kier alpha value is -3.03. The van der Waals surface area contributed by atoms with Crippen LogP contribution in [0.2, 0.25) is 0 Å². The van der Waals surface area contributed by atoms with Gasteiger partial charge in [-0.3, -0.25) is 4.79 Å². The van der Waals surface area contributed by atoms with Crippen molar-refractivity contribution < 1.29 is 4.79 Å². The van der Waals surface area contributed by atoms with E-state index in [-0.39, 0.29) is 18.5 Å². The van der Waals surface area contributed by atoms with Gasteiger partial charge in [0, 0.05) is 24.8 Å². The van der Waals surface area contributed by atoms with Crippen LogP contribution in [0.4, 0.5) is 0 Å². The van der Waals surface area contributed by atoms with E-state index in [1.165, 1.54) is 16.9 Å². The van der Waals surface area contributed by atoms with Crippen molar-refractivity contribution in [3.8, 4) is 11.3 Å². The number of hydrogen-bond donors (Lipinski definition) is 1. The van der Waals surface area contributed by atoms with Crippen LogP contribution in [0, 0.1) is 10.9 Å². The number of aromatic nitrogens is 3. The van der Waals surface area contributed by atoms with E-state index in [1.54, 1.807) is 6.20 Å². The SMILES string of the molecule is Cc1ccc(-c2csc(=S)n2CC(=O)NC(c2ccccc2)c2nccn2C)cc1. The van der Waals surface area contributed by atoms with Crippen molar-refractivity contribution in [3.63, 3.8) is 0 Å². The zero-order chi connectivity index (χ0) is 21.1. The molecule has 1 atom stereocenters. The van der Waals surface area contributed by atoms with Gasteiger partial charge in [-0.15, -0.1) is 11.3 Å². The number of rotatable bonds is 6. The van der Waals surface area contributed by atoms with Crippen LogP contribution < -0.4 is 5.32 Å². The molecule has 2 heterocycles. The Labute approximate surface area is 184 Å². The number of carbonyl (C=O) groups is 1. The number of hydrogen-bond acceptors (Lipinski definition) is 4. The van der Waals surface area contributed by atoms with Gasteiger partial charge in [0.05, 0.1) is 5.69 Å². The number of carbonyl (C=O) groups excluding carboxylic acids is 1. The van der Waals surface area contributed by atoms with E-state index < -0.39 is 0 Å². The fourth-order valence-corrected chi connectivity index (χ4v) is 4.45. The predicted octanol–water partition coefficient (Wildman–Crippen LogP) is 4.89. The lowest BCUT2D eigenvalue weighted by atomic mass is 10.1. The number of nitrogens with zero attached hydrogens (tertiary/aromatic N) is 3. The highest BCUT2D eigenvalue weighted by Crippen LogP contribution is 2.25. The molecule has 7 heteroatoms. The Morgan fingerprint density at radius 3 is 2.57 bits per heavy atom. The van der Waals surface area contributed by atoms with Gasteiger partial charge in [-0.2, -0.15) is 0 Å². The summed E-state index contributed by atoms with van der Waals surface area (Å²) >= 11 is 6.98. The molecule has 0 saturated heterocycles. The third kappa shape index (κ3) is 4.27. The highest BCUT2D eigenvalue weighted by Gasteiger charge is 2.21. The number of amides is 1. The van der Waals surface area contributed by atoms with E-state index in [1.807, 2.05) is 58.1 Å². The first-order valence-corrected chi connectivity index (χ1v) is 10.9. The molecule has 152 valence electrons. The molecule has 4 aromatic rings. The molecule has 1 unspecified atom stereocenters. The molecule has 1 N–H and O–H groups in total. The summed E-state index contributed by atoms with van der Waals surface area (Å²) in [6.07, 6.45) is 3.61. The zero-order valence-corrected chi connectivity index (χ0v) is 18.4. The molecule has 4 rings (SSSR count). The Morgan fingerprint density at radius 1 is 1.17 bits per heavy atom. The molecule has 0 spiro atoms. The van der Waals surface area contributed by atoms with E-state index >= 15 is 0 Å². The fraction of sp³-hybridized carbons (Fsp3) is 0.174. The topological polar surface area (TPSA) is 51.9 Å². The summed E-state index contributed by atoms with van der Waals surface area (Å²) in [6, 6.07) is 17.8. The maximum absolute atomic E-state index is 13.1. The number of aryl methyl sites for hydroxylation is 2. The third-order valence-electron chi connectivity index (χ3n) is 4.99. The van der Waals surface area contributed by atoms with Gasteiger partial charge in [-0.05, 0) is 30.3 Å². The smallest absolute Gasteiger partial charge is 0.240 e. The number of imidazole rings is 1. The van der Waals surface area contributed by atoms with Gasteiger partial charge in [0.25, 0.3) is 0 Å². The van der Waals surface area contributed by atoms with Gasteiger partial charge in [-0.1, -0.05) is 60.2 Å². The first-order valence-electron chi connectivity index (χ1n) is 9.60. The van der Waals surface area contributed by atoms with Gasteiger partial charge in [0.15, 0.2) is 3.95 Å². The van der Waals surface area contributed by atoms with Crippen molar-refractivity contribution >= 4 is 29.5 Å². The van der Waals surface area contributed by atoms with Crippen molar-refractivity contribution in [2.75, 3.05) is 0 Å². The average Bonchev–Trinajstić information content (AvgIpc) is 3.33. The van der Waals surface area contributed by atoms with E-state index in [4.69, 9.17) is 12.2 Å². The van der Waals surface area contributed by atoms with Crippen LogP contribution in [-0.2, 0) is 18.4 Å². The van der Waals surface area contributed by atoms with Gasteiger partial charge in [0.2, 0.25) is 5.91 Å². The van der Waals surface area contributed by atoms with Crippen LogP contribution in [-0.4, -0.2) is 20.0 Å². The van der Waals surface area contributed by atoms with Crippen LogP contribution in [0.3, 0.4) is 0 Å². The largest absolute Gasteiger partial charge is 0.341 e. The van der Waals surface area contributed by atoms with Crippen LogP contribution in [0.25, 0.3) is 11.3 Å². The second-order valence-electron chi connectivity index (χ2n) is 7.15. The molecular weight excluding hydrogens is 412 g/mol. The number of benzene rings is 2. The molecule has 0 aliphatic heterocycles. The summed E-state index contributed by atoms with van der Waals surface area (Å²) in [5, 5.41) is 5.15. The quantitative estimate of drug-likeness (QED) is 0.440. The first-order chi connectivity index (χ1) is 14.5. The molecular formula is C23H22N4OS2. The van der Waals surface area contributed by atoms with Crippen LogP contribution in [0.1, 0.15) is 23.0 Å². The van der Waals surface area contributed by atoms with E-state index in [2.05, 4.69) is 41.5 Å². The van der Waals surface area contributed by atoms with Gasteiger partial charge in [-0.25, -0.2) is 4.98 Å². The lowest BCUT2D eigenvalue weighted by Gasteiger charge is -2.20. The van der Waals surface area contributed by atoms with Crippen molar-refractivity contribution in [1.82, 2.24) is 19.4 Å². The van der Waals surface area contributed by atoms with Crippen LogP contribution in [0.5, 0.6) is 0 Å². The molecule has 0 saturated carbocycles. The standard InChI is InChI=1S/C23H22N4OS2/c1-16-8-10-17(11-9-16)19-15-30-23(29)27(19)14-20(28)25-21(18-6-4-3-5-7-18)22-24-12-13-26(22)2/h3-13,15,21H,14H2,1-2H3,(H,25,28). The third-order valence-corrected chi connectivity index (χ3v) is 6.26. The Balaban J connectivity index is 1.61. The van der Waals surface area contributed by atoms with Crippen LogP contribution >= 0.6 is 23.6 Å². The highest BCUT2D eigenvalue weighted by atomic mass is 32.1.